The van der Waals surface area contributed by atoms with E-state index >= 15 is 0 Å². The number of rotatable bonds is 6. The molecule has 0 saturated carbocycles. The summed E-state index contributed by atoms with van der Waals surface area (Å²) in [6.45, 7) is 8.36. The highest BCUT2D eigenvalue weighted by molar-refractivity contribution is 9.10. The van der Waals surface area contributed by atoms with E-state index in [9.17, 15) is 4.79 Å². The topological polar surface area (TPSA) is 38.1 Å². The molecule has 5 heteroatoms. The van der Waals surface area contributed by atoms with Gasteiger partial charge in [-0.2, -0.15) is 5.10 Å². The number of ketones is 1. The minimum atomic E-state index is -0.298. The zero-order chi connectivity index (χ0) is 15.6. The Balaban J connectivity index is 2.26. The first-order chi connectivity index (χ1) is 9.96. The van der Waals surface area contributed by atoms with Crippen LogP contribution in [0.4, 0.5) is 0 Å². The van der Waals surface area contributed by atoms with Crippen molar-refractivity contribution in [2.24, 2.45) is 7.05 Å². The highest BCUT2D eigenvalue weighted by Crippen LogP contribution is 2.31. The summed E-state index contributed by atoms with van der Waals surface area (Å²) in [6.07, 6.45) is 4.65. The first kappa shape index (κ1) is 16.7. The van der Waals surface area contributed by atoms with Crippen LogP contribution in [0, 0.1) is 6.92 Å². The molecule has 2 heterocycles. The van der Waals surface area contributed by atoms with Crippen LogP contribution in [-0.4, -0.2) is 39.1 Å². The van der Waals surface area contributed by atoms with E-state index in [4.69, 9.17) is 0 Å². The molecule has 0 bridgehead atoms. The molecule has 4 nitrogen and oxygen atoms in total. The van der Waals surface area contributed by atoms with Gasteiger partial charge in [-0.25, -0.2) is 0 Å². The minimum absolute atomic E-state index is 0.298. The quantitative estimate of drug-likeness (QED) is 0.785. The normalized spacial score (nSPS) is 16.6. The predicted octanol–water partition coefficient (Wildman–Crippen LogP) is 3.26. The minimum Gasteiger partial charge on any atom is -0.297 e. The molecule has 0 N–H and O–H groups in total. The number of hydrogen-bond acceptors (Lipinski definition) is 3. The molecule has 21 heavy (non-hydrogen) atoms. The Morgan fingerprint density at radius 2 is 1.86 bits per heavy atom. The van der Waals surface area contributed by atoms with Crippen molar-refractivity contribution in [1.29, 1.82) is 0 Å². The Labute approximate surface area is 136 Å². The van der Waals surface area contributed by atoms with Crippen LogP contribution >= 0.6 is 15.9 Å². The monoisotopic (exact) mass is 355 g/mol. The maximum absolute atomic E-state index is 13.1. The van der Waals surface area contributed by atoms with E-state index in [1.807, 2.05) is 18.7 Å². The number of hydrogen-bond donors (Lipinski definition) is 0. The van der Waals surface area contributed by atoms with Gasteiger partial charge in [0, 0.05) is 7.05 Å². The zero-order valence-corrected chi connectivity index (χ0v) is 15.2. The van der Waals surface area contributed by atoms with Crippen molar-refractivity contribution in [1.82, 2.24) is 14.7 Å². The van der Waals surface area contributed by atoms with Crippen molar-refractivity contribution in [3.63, 3.8) is 0 Å². The number of aryl methyl sites for hydroxylation is 2. The molecule has 1 fully saturated rings. The molecule has 1 aromatic heterocycles. The van der Waals surface area contributed by atoms with Crippen LogP contribution in [0.1, 0.15) is 50.9 Å². The molecule has 118 valence electrons. The molecule has 0 aromatic carbocycles. The third kappa shape index (κ3) is 2.95. The third-order valence-corrected chi connectivity index (χ3v) is 6.02. The molecule has 1 aromatic rings. The van der Waals surface area contributed by atoms with E-state index in [2.05, 4.69) is 39.8 Å². The van der Waals surface area contributed by atoms with Gasteiger partial charge < -0.3 is 0 Å². The van der Waals surface area contributed by atoms with E-state index in [0.29, 0.717) is 12.2 Å². The van der Waals surface area contributed by atoms with Crippen molar-refractivity contribution < 1.29 is 4.79 Å². The van der Waals surface area contributed by atoms with Gasteiger partial charge in [0.1, 0.15) is 0 Å². The zero-order valence-electron chi connectivity index (χ0n) is 13.6. The first-order valence-corrected chi connectivity index (χ1v) is 8.72. The van der Waals surface area contributed by atoms with Crippen molar-refractivity contribution >= 4 is 21.7 Å². The summed E-state index contributed by atoms with van der Waals surface area (Å²) in [5, 5.41) is 4.40. The number of Topliss-reactive ketones (excluding diaryl/α,β-unsaturated/α-hetero) is 1. The Bertz CT molecular complexity index is 514. The number of likely N-dealkylation sites (tertiary alicyclic amines) is 1. The Morgan fingerprint density at radius 1 is 1.29 bits per heavy atom. The average Bonchev–Trinajstić information content (AvgIpc) is 3.07. The van der Waals surface area contributed by atoms with Crippen LogP contribution in [0.15, 0.2) is 4.47 Å². The first-order valence-electron chi connectivity index (χ1n) is 7.92. The molecule has 0 atom stereocenters. The maximum Gasteiger partial charge on any atom is 0.159 e. The molecular weight excluding hydrogens is 330 g/mol. The summed E-state index contributed by atoms with van der Waals surface area (Å²) in [5.74, 6) is 0.332. The summed E-state index contributed by atoms with van der Waals surface area (Å²) >= 11 is 3.57. The second-order valence-corrected chi connectivity index (χ2v) is 6.80. The molecule has 0 unspecified atom stereocenters. The SMILES string of the molecule is CCC(CC)(C(=O)Cc1c(Br)c(C)nn1C)N1CCCC1. The molecule has 1 aliphatic heterocycles. The molecular formula is C16H26BrN3O. The number of carbonyl (C=O) groups is 1. The van der Waals surface area contributed by atoms with Crippen LogP contribution in [0.25, 0.3) is 0 Å². The number of aromatic nitrogens is 2. The molecule has 0 aliphatic carbocycles. The number of halogens is 1. The van der Waals surface area contributed by atoms with Crippen molar-refractivity contribution in [3.05, 3.63) is 15.9 Å². The van der Waals surface area contributed by atoms with E-state index in [1.54, 1.807) is 0 Å². The number of nitrogens with zero attached hydrogens (tertiary/aromatic N) is 3. The van der Waals surface area contributed by atoms with Gasteiger partial charge in [-0.05, 0) is 61.6 Å². The van der Waals surface area contributed by atoms with Gasteiger partial charge in [0.2, 0.25) is 0 Å². The van der Waals surface area contributed by atoms with Gasteiger partial charge in [-0.3, -0.25) is 14.4 Å². The summed E-state index contributed by atoms with van der Waals surface area (Å²) in [7, 11) is 1.91. The lowest BCUT2D eigenvalue weighted by molar-refractivity contribution is -0.130. The van der Waals surface area contributed by atoms with Crippen LogP contribution in [0.5, 0.6) is 0 Å². The molecule has 0 spiro atoms. The van der Waals surface area contributed by atoms with Crippen molar-refractivity contribution in [3.8, 4) is 0 Å². The van der Waals surface area contributed by atoms with E-state index < -0.39 is 0 Å². The van der Waals surface area contributed by atoms with Crippen LogP contribution in [-0.2, 0) is 18.3 Å². The summed E-state index contributed by atoms with van der Waals surface area (Å²) < 4.78 is 2.80. The fourth-order valence-corrected chi connectivity index (χ4v) is 4.08. The van der Waals surface area contributed by atoms with Gasteiger partial charge in [-0.15, -0.1) is 0 Å². The van der Waals surface area contributed by atoms with Gasteiger partial charge in [0.15, 0.2) is 5.78 Å². The van der Waals surface area contributed by atoms with Crippen LogP contribution < -0.4 is 0 Å². The lowest BCUT2D eigenvalue weighted by Gasteiger charge is -2.39. The highest BCUT2D eigenvalue weighted by Gasteiger charge is 2.41. The molecule has 1 aliphatic rings. The average molecular weight is 356 g/mol. The standard InChI is InChI=1S/C16H26BrN3O/c1-5-16(6-2,20-9-7-8-10-20)14(21)11-13-15(17)12(3)18-19(13)4/h5-11H2,1-4H3. The Kier molecular flexibility index (Phi) is 5.25. The largest absolute Gasteiger partial charge is 0.297 e. The Hall–Kier alpha value is -0.680. The second-order valence-electron chi connectivity index (χ2n) is 6.00. The highest BCUT2D eigenvalue weighted by atomic mass is 79.9. The Morgan fingerprint density at radius 3 is 2.29 bits per heavy atom. The molecule has 2 rings (SSSR count). The van der Waals surface area contributed by atoms with Crippen molar-refractivity contribution in [2.45, 2.75) is 58.4 Å². The van der Waals surface area contributed by atoms with Gasteiger partial charge >= 0.3 is 0 Å². The lowest BCUT2D eigenvalue weighted by Crippen LogP contribution is -2.53. The summed E-state index contributed by atoms with van der Waals surface area (Å²) in [5.41, 5.74) is 1.64. The predicted molar refractivity (Wildman–Crippen MR) is 88.5 cm³/mol. The fraction of sp³-hybridized carbons (Fsp3) is 0.750. The van der Waals surface area contributed by atoms with Gasteiger partial charge in [0.25, 0.3) is 0 Å². The molecule has 1 saturated heterocycles. The van der Waals surface area contributed by atoms with Crippen LogP contribution in [0.2, 0.25) is 0 Å². The summed E-state index contributed by atoms with van der Waals surface area (Å²) in [4.78, 5) is 15.5. The third-order valence-electron chi connectivity index (χ3n) is 4.99. The van der Waals surface area contributed by atoms with E-state index in [0.717, 1.165) is 41.8 Å². The number of carbonyl (C=O) groups excluding carboxylic acids is 1. The second kappa shape index (κ2) is 6.61. The van der Waals surface area contributed by atoms with E-state index in [-0.39, 0.29) is 5.54 Å². The molecule has 0 amide bonds. The smallest absolute Gasteiger partial charge is 0.159 e. The van der Waals surface area contributed by atoms with Crippen LogP contribution in [0.3, 0.4) is 0 Å². The fourth-order valence-electron chi connectivity index (χ4n) is 3.60. The lowest BCUT2D eigenvalue weighted by atomic mass is 9.84. The van der Waals surface area contributed by atoms with Crippen molar-refractivity contribution in [2.75, 3.05) is 13.1 Å². The molecule has 0 radical (unpaired) electrons. The van der Waals surface area contributed by atoms with E-state index in [1.165, 1.54) is 12.8 Å². The van der Waals surface area contributed by atoms with Gasteiger partial charge in [0.05, 0.1) is 27.8 Å². The van der Waals surface area contributed by atoms with Gasteiger partial charge in [-0.1, -0.05) is 13.8 Å². The maximum atomic E-state index is 13.1. The summed E-state index contributed by atoms with van der Waals surface area (Å²) in [6, 6.07) is 0.